The van der Waals surface area contributed by atoms with Crippen LogP contribution in [0.1, 0.15) is 24.0 Å². The highest BCUT2D eigenvalue weighted by Gasteiger charge is 2.26. The summed E-state index contributed by atoms with van der Waals surface area (Å²) in [5.74, 6) is -1.26. The first-order chi connectivity index (χ1) is 40.4. The second-order valence-corrected chi connectivity index (χ2v) is 24.5. The predicted octanol–water partition coefficient (Wildman–Crippen LogP) is 11.3. The van der Waals surface area contributed by atoms with Gasteiger partial charge < -0.3 is 24.6 Å². The number of pyridine rings is 1. The molecule has 8 rings (SSSR count). The summed E-state index contributed by atoms with van der Waals surface area (Å²) < 4.78 is 123. The van der Waals surface area contributed by atoms with Gasteiger partial charge in [-0.2, -0.15) is 30.5 Å². The SMILES string of the molecule is COc1cc(N=Nc2c(SOOO)cc3cc(S(=O)(=O)O)c(N=Nc4c(C)c(C#N)c5nc6ccccc6n5c4O)cc3c2O)c(N(CCCSOOO)CCCS(=O)(=O)O)cc1N=Nc1nc2cc(SOOO)c(OC)cc2s1.CS(=O)(=O)O. The summed E-state index contributed by atoms with van der Waals surface area (Å²) in [5.41, 5.74) is 0.541. The van der Waals surface area contributed by atoms with Crippen molar-refractivity contribution in [1.29, 1.82) is 5.26 Å². The molecular weight excluding hydrogens is 1270 g/mol. The summed E-state index contributed by atoms with van der Waals surface area (Å²) in [5, 5.41) is 97.3. The van der Waals surface area contributed by atoms with Gasteiger partial charge in [-0.05, 0) is 67.6 Å². The lowest BCUT2D eigenvalue weighted by Gasteiger charge is -2.26. The Kier molecular flexibility index (Phi) is 22.2. The summed E-state index contributed by atoms with van der Waals surface area (Å²) in [6.45, 7) is 1.52. The van der Waals surface area contributed by atoms with Crippen molar-refractivity contribution in [2.24, 2.45) is 30.7 Å². The van der Waals surface area contributed by atoms with E-state index in [1.807, 2.05) is 0 Å². The molecule has 85 heavy (non-hydrogen) atoms. The summed E-state index contributed by atoms with van der Waals surface area (Å²) in [6, 6.07) is 18.1. The standard InChI is InChI=1S/C44H39N11O19S6.CH4O3S/c1-22-25(21-45)42-46-26-8-4-5-9-31(26)55(42)43(57)39(22)51-50-30-16-24-23(15-38(30)80(64,65)66)14-37(78-74-71-60)40(41(24)56)52-48-27-18-33(67-2)28(17-32(27)54(10-6-12-75-72-69-58)11-7-13-79(61,62)63)49-53-44-47-29-19-36(77-73-70-59)34(68-3)20-35(29)76-44;1-5(2,3)4/h4-5,8-9,14-20,56-60H,6-7,10-13H2,1-3H3,(H,61,62,63)(H,64,65,66);1H3,(H,2,3,4). The van der Waals surface area contributed by atoms with Gasteiger partial charge in [0.2, 0.25) is 11.0 Å². The third kappa shape index (κ3) is 16.7. The van der Waals surface area contributed by atoms with Crippen LogP contribution in [0.4, 0.5) is 39.3 Å². The number of phenols is 1. The second-order valence-electron chi connectivity index (χ2n) is 16.8. The van der Waals surface area contributed by atoms with Crippen LogP contribution >= 0.6 is 47.5 Å². The first kappa shape index (κ1) is 65.5. The maximum absolute atomic E-state index is 13.0. The molecule has 3 heterocycles. The molecule has 0 saturated heterocycles. The van der Waals surface area contributed by atoms with Crippen molar-refractivity contribution >= 4 is 155 Å². The molecule has 0 saturated carbocycles. The number of hydrogen-bond donors (Lipinski definition) is 8. The van der Waals surface area contributed by atoms with Crippen molar-refractivity contribution in [2.45, 2.75) is 34.5 Å². The molecule has 0 aliphatic carbocycles. The van der Waals surface area contributed by atoms with Crippen molar-refractivity contribution in [2.75, 3.05) is 50.0 Å². The highest BCUT2D eigenvalue weighted by molar-refractivity contribution is 7.95. The number of benzene rings is 5. The minimum absolute atomic E-state index is 0.0139. The molecule has 0 bridgehead atoms. The Morgan fingerprint density at radius 2 is 1.38 bits per heavy atom. The number of rotatable bonds is 26. The van der Waals surface area contributed by atoms with Crippen molar-refractivity contribution < 1.29 is 102 Å². The van der Waals surface area contributed by atoms with E-state index in [9.17, 15) is 55.1 Å². The molecule has 0 amide bonds. The number of aromatic nitrogens is 3. The molecule has 8 aromatic rings. The first-order valence-electron chi connectivity index (χ1n) is 23.2. The molecule has 5 aromatic carbocycles. The number of nitriles is 1. The second kappa shape index (κ2) is 28.9. The Hall–Kier alpha value is -7.09. The topological polar surface area (TPSA) is 469 Å². The quantitative estimate of drug-likeness (QED) is 0.00623. The van der Waals surface area contributed by atoms with E-state index in [-0.39, 0.29) is 110 Å². The van der Waals surface area contributed by atoms with E-state index in [4.69, 9.17) is 28.9 Å². The fourth-order valence-corrected chi connectivity index (χ4v) is 11.2. The summed E-state index contributed by atoms with van der Waals surface area (Å²) in [7, 11) is -10.5. The van der Waals surface area contributed by atoms with Crippen LogP contribution in [0, 0.1) is 18.3 Å². The van der Waals surface area contributed by atoms with Gasteiger partial charge in [0, 0.05) is 54.0 Å². The van der Waals surface area contributed by atoms with Crippen molar-refractivity contribution in [3.05, 3.63) is 77.9 Å². The first-order valence-corrected chi connectivity index (χ1v) is 31.3. The van der Waals surface area contributed by atoms with E-state index >= 15 is 0 Å². The fraction of sp³-hybridized carbons (Fsp3) is 0.222. The normalized spacial score (nSPS) is 12.3. The monoisotopic (exact) mass is 1310 g/mol. The highest BCUT2D eigenvalue weighted by atomic mass is 32.2. The Morgan fingerprint density at radius 1 is 0.729 bits per heavy atom. The molecule has 0 fully saturated rings. The lowest BCUT2D eigenvalue weighted by Crippen LogP contribution is -2.27. The van der Waals surface area contributed by atoms with Gasteiger partial charge in [0.05, 0.1) is 87.0 Å². The Bertz CT molecular complexity index is 4270. The maximum atomic E-state index is 13.0. The number of thiazole rings is 1. The summed E-state index contributed by atoms with van der Waals surface area (Å²) in [6.07, 6.45) is 0.872. The van der Waals surface area contributed by atoms with E-state index in [0.29, 0.717) is 50.2 Å². The van der Waals surface area contributed by atoms with E-state index in [2.05, 4.69) is 70.5 Å². The molecule has 0 atom stereocenters. The van der Waals surface area contributed by atoms with Crippen LogP contribution in [0.5, 0.6) is 23.1 Å². The molecule has 0 aliphatic heterocycles. The molecular formula is C45H43N11O22S7. The third-order valence-corrected chi connectivity index (χ3v) is 15.8. The summed E-state index contributed by atoms with van der Waals surface area (Å²) in [4.78, 5) is 10.0. The van der Waals surface area contributed by atoms with Crippen molar-refractivity contribution in [3.63, 3.8) is 0 Å². The zero-order chi connectivity index (χ0) is 61.8. The number of ether oxygens (including phenoxy) is 2. The molecule has 3 aromatic heterocycles. The summed E-state index contributed by atoms with van der Waals surface area (Å²) >= 11 is 2.82. The van der Waals surface area contributed by atoms with Crippen LogP contribution < -0.4 is 14.4 Å². The minimum atomic E-state index is -5.14. The van der Waals surface area contributed by atoms with Crippen LogP contribution in [0.3, 0.4) is 0 Å². The van der Waals surface area contributed by atoms with E-state index in [1.165, 1.54) is 43.7 Å². The highest BCUT2D eigenvalue weighted by Crippen LogP contribution is 2.49. The molecule has 0 radical (unpaired) electrons. The largest absolute Gasteiger partial charge is 0.505 e. The Morgan fingerprint density at radius 3 is 2.04 bits per heavy atom. The molecule has 0 spiro atoms. The number of fused-ring (bicyclic) bond motifs is 5. The fourth-order valence-electron chi connectivity index (χ4n) is 7.91. The Balaban J connectivity index is 0.00000198. The number of methoxy groups -OCH3 is 2. The van der Waals surface area contributed by atoms with Crippen LogP contribution in [0.2, 0.25) is 0 Å². The van der Waals surface area contributed by atoms with Crippen molar-refractivity contribution in [3.8, 4) is 29.2 Å². The number of hydrogen-bond acceptors (Lipinski definition) is 33. The third-order valence-electron chi connectivity index (χ3n) is 11.4. The van der Waals surface area contributed by atoms with Gasteiger partial charge in [0.25, 0.3) is 30.4 Å². The Labute approximate surface area is 496 Å². The van der Waals surface area contributed by atoms with Gasteiger partial charge >= 0.3 is 0 Å². The van der Waals surface area contributed by atoms with Crippen LogP contribution in [-0.2, 0) is 58.5 Å². The average molecular weight is 1310 g/mol. The number of nitrogens with zero attached hydrogens (tertiary/aromatic N) is 11. The molecule has 0 aliphatic rings. The molecule has 40 heteroatoms. The molecule has 452 valence electrons. The maximum Gasteiger partial charge on any atom is 0.296 e. The predicted molar refractivity (Wildman–Crippen MR) is 305 cm³/mol. The van der Waals surface area contributed by atoms with E-state index in [1.54, 1.807) is 41.3 Å². The average Bonchev–Trinajstić information content (AvgIpc) is 2.54. The smallest absolute Gasteiger partial charge is 0.296 e. The van der Waals surface area contributed by atoms with Crippen LogP contribution in [-0.4, -0.2) is 124 Å². The number of azo groups is 3. The number of anilines is 1. The number of para-hydroxylation sites is 2. The lowest BCUT2D eigenvalue weighted by molar-refractivity contribution is -0.432. The van der Waals surface area contributed by atoms with Gasteiger partial charge in [0.1, 0.15) is 50.8 Å². The number of imidazole rings is 1. The zero-order valence-corrected chi connectivity index (χ0v) is 49.4. The van der Waals surface area contributed by atoms with Gasteiger partial charge in [-0.3, -0.25) is 18.1 Å². The van der Waals surface area contributed by atoms with Gasteiger partial charge in [-0.1, -0.05) is 38.6 Å². The van der Waals surface area contributed by atoms with E-state index in [0.717, 1.165) is 35.5 Å². The molecule has 8 N–H and O–H groups in total. The van der Waals surface area contributed by atoms with Gasteiger partial charge in [-0.15, -0.1) is 43.7 Å². The van der Waals surface area contributed by atoms with E-state index < -0.39 is 64.0 Å². The number of aromatic hydroxyl groups is 2. The lowest BCUT2D eigenvalue weighted by atomic mass is 10.1. The van der Waals surface area contributed by atoms with Gasteiger partial charge in [0.15, 0.2) is 17.1 Å². The zero-order valence-electron chi connectivity index (χ0n) is 43.7. The number of phenolic OH excluding ortho intramolecular Hbond substituents is 1. The molecule has 0 unspecified atom stereocenters. The minimum Gasteiger partial charge on any atom is -0.505 e. The van der Waals surface area contributed by atoms with Gasteiger partial charge in [-0.25, -0.2) is 25.7 Å². The van der Waals surface area contributed by atoms with Crippen LogP contribution in [0.25, 0.3) is 37.7 Å². The van der Waals surface area contributed by atoms with Crippen molar-refractivity contribution in [1.82, 2.24) is 14.4 Å². The molecule has 33 nitrogen and oxygen atoms in total. The van der Waals surface area contributed by atoms with Crippen LogP contribution in [0.15, 0.2) is 112 Å².